The molecule has 3 heteroatoms. The lowest BCUT2D eigenvalue weighted by molar-refractivity contribution is 0.0775. The number of hydrogen-bond acceptors (Lipinski definition) is 3. The van der Waals surface area contributed by atoms with Crippen LogP contribution in [0.2, 0.25) is 0 Å². The number of aryl methyl sites for hydroxylation is 2. The molecule has 0 fully saturated rings. The van der Waals surface area contributed by atoms with Crippen molar-refractivity contribution in [2.24, 2.45) is 5.92 Å². The SMILES string of the molecule is Cc1csc2c1C1C(=O)c3ccccc3C(=O)C1CC2. The molecule has 0 radical (unpaired) electrons. The lowest BCUT2D eigenvalue weighted by atomic mass is 9.66. The highest BCUT2D eigenvalue weighted by Gasteiger charge is 2.45. The fourth-order valence-corrected chi connectivity index (χ4v) is 4.75. The summed E-state index contributed by atoms with van der Waals surface area (Å²) < 4.78 is 0. The van der Waals surface area contributed by atoms with Crippen molar-refractivity contribution in [2.45, 2.75) is 25.7 Å². The molecule has 0 bridgehead atoms. The van der Waals surface area contributed by atoms with Crippen LogP contribution in [0.25, 0.3) is 0 Å². The summed E-state index contributed by atoms with van der Waals surface area (Å²) in [4.78, 5) is 26.8. The fourth-order valence-electron chi connectivity index (χ4n) is 3.65. The second-order valence-corrected chi connectivity index (χ2v) is 6.62. The third kappa shape index (κ3) is 1.44. The van der Waals surface area contributed by atoms with E-state index in [4.69, 9.17) is 0 Å². The molecule has 100 valence electrons. The van der Waals surface area contributed by atoms with Gasteiger partial charge in [0.1, 0.15) is 0 Å². The van der Waals surface area contributed by atoms with Gasteiger partial charge in [0.05, 0.1) is 5.92 Å². The minimum absolute atomic E-state index is 0.132. The monoisotopic (exact) mass is 282 g/mol. The van der Waals surface area contributed by atoms with E-state index < -0.39 is 0 Å². The van der Waals surface area contributed by atoms with E-state index in [-0.39, 0.29) is 23.4 Å². The molecule has 2 nitrogen and oxygen atoms in total. The summed E-state index contributed by atoms with van der Waals surface area (Å²) in [6.07, 6.45) is 1.73. The quantitative estimate of drug-likeness (QED) is 0.737. The molecule has 20 heavy (non-hydrogen) atoms. The molecule has 0 aliphatic heterocycles. The van der Waals surface area contributed by atoms with E-state index in [1.807, 2.05) is 12.1 Å². The third-order valence-electron chi connectivity index (χ3n) is 4.58. The number of carbonyl (C=O) groups excluding carboxylic acids is 2. The van der Waals surface area contributed by atoms with Gasteiger partial charge >= 0.3 is 0 Å². The number of hydrogen-bond donors (Lipinski definition) is 0. The van der Waals surface area contributed by atoms with Gasteiger partial charge in [-0.1, -0.05) is 24.3 Å². The zero-order valence-corrected chi connectivity index (χ0v) is 12.0. The zero-order valence-electron chi connectivity index (χ0n) is 11.2. The molecule has 2 aromatic rings. The van der Waals surface area contributed by atoms with E-state index in [0.29, 0.717) is 11.1 Å². The Kier molecular flexibility index (Phi) is 2.48. The molecule has 0 N–H and O–H groups in total. The number of benzene rings is 1. The van der Waals surface area contributed by atoms with Crippen LogP contribution in [-0.2, 0) is 6.42 Å². The van der Waals surface area contributed by atoms with Gasteiger partial charge in [0.15, 0.2) is 11.6 Å². The number of carbonyl (C=O) groups is 2. The summed E-state index contributed by atoms with van der Waals surface area (Å²) in [7, 11) is 0. The Morgan fingerprint density at radius 2 is 1.80 bits per heavy atom. The Balaban J connectivity index is 1.96. The number of ketones is 2. The largest absolute Gasteiger partial charge is 0.294 e. The molecular formula is C17H14O2S. The highest BCUT2D eigenvalue weighted by atomic mass is 32.1. The molecule has 1 heterocycles. The molecule has 1 aromatic carbocycles. The van der Waals surface area contributed by atoms with Gasteiger partial charge < -0.3 is 0 Å². The maximum Gasteiger partial charge on any atom is 0.171 e. The summed E-state index contributed by atoms with van der Waals surface area (Å²) in [6, 6.07) is 7.27. The van der Waals surface area contributed by atoms with E-state index in [1.165, 1.54) is 10.4 Å². The molecule has 0 amide bonds. The summed E-state index contributed by atoms with van der Waals surface area (Å²) in [5.74, 6) is -0.111. The van der Waals surface area contributed by atoms with E-state index >= 15 is 0 Å². The Hall–Kier alpha value is -1.74. The standard InChI is InChI=1S/C17H14O2S/c1-9-8-20-13-7-6-12-15(14(9)13)17(19)11-5-3-2-4-10(11)16(12)18/h2-5,8,12,15H,6-7H2,1H3. The van der Waals surface area contributed by atoms with Gasteiger partial charge in [-0.2, -0.15) is 0 Å². The maximum absolute atomic E-state index is 12.9. The van der Waals surface area contributed by atoms with E-state index in [9.17, 15) is 9.59 Å². The average molecular weight is 282 g/mol. The normalized spacial score (nSPS) is 24.1. The maximum atomic E-state index is 12.9. The molecule has 2 atom stereocenters. The first kappa shape index (κ1) is 12.0. The second kappa shape index (κ2) is 4.13. The molecule has 0 saturated heterocycles. The predicted octanol–water partition coefficient (Wildman–Crippen LogP) is 3.78. The Bertz CT molecular complexity index is 741. The van der Waals surface area contributed by atoms with Crippen molar-refractivity contribution in [1.29, 1.82) is 0 Å². The van der Waals surface area contributed by atoms with Gasteiger partial charge in [0.25, 0.3) is 0 Å². The lowest BCUT2D eigenvalue weighted by Crippen LogP contribution is -2.37. The summed E-state index contributed by atoms with van der Waals surface area (Å²) in [5.41, 5.74) is 3.53. The molecule has 2 unspecified atom stereocenters. The van der Waals surface area contributed by atoms with Crippen molar-refractivity contribution in [3.8, 4) is 0 Å². The first-order chi connectivity index (χ1) is 9.68. The molecule has 2 aliphatic rings. The molecule has 0 spiro atoms. The van der Waals surface area contributed by atoms with Crippen molar-refractivity contribution >= 4 is 22.9 Å². The first-order valence-corrected chi connectivity index (χ1v) is 7.80. The molecule has 0 saturated carbocycles. The number of fused-ring (bicyclic) bond motifs is 4. The van der Waals surface area contributed by atoms with Gasteiger partial charge in [-0.05, 0) is 36.3 Å². The number of rotatable bonds is 0. The third-order valence-corrected chi connectivity index (χ3v) is 5.76. The lowest BCUT2D eigenvalue weighted by Gasteiger charge is -2.34. The van der Waals surface area contributed by atoms with E-state index in [0.717, 1.165) is 18.4 Å². The van der Waals surface area contributed by atoms with Crippen molar-refractivity contribution in [3.63, 3.8) is 0 Å². The van der Waals surface area contributed by atoms with Crippen LogP contribution in [0.3, 0.4) is 0 Å². The minimum Gasteiger partial charge on any atom is -0.294 e. The van der Waals surface area contributed by atoms with Crippen LogP contribution in [0, 0.1) is 12.8 Å². The highest BCUT2D eigenvalue weighted by molar-refractivity contribution is 7.10. The molecule has 1 aromatic heterocycles. The second-order valence-electron chi connectivity index (χ2n) is 5.65. The molecular weight excluding hydrogens is 268 g/mol. The van der Waals surface area contributed by atoms with E-state index in [2.05, 4.69) is 12.3 Å². The predicted molar refractivity (Wildman–Crippen MR) is 78.7 cm³/mol. The Morgan fingerprint density at radius 3 is 2.55 bits per heavy atom. The fraction of sp³-hybridized carbons (Fsp3) is 0.294. The smallest absolute Gasteiger partial charge is 0.171 e. The van der Waals surface area contributed by atoms with Gasteiger partial charge in [0.2, 0.25) is 0 Å². The van der Waals surface area contributed by atoms with Crippen LogP contribution in [0.4, 0.5) is 0 Å². The van der Waals surface area contributed by atoms with Crippen LogP contribution in [0.1, 0.15) is 49.1 Å². The minimum atomic E-state index is -0.243. The van der Waals surface area contributed by atoms with Crippen molar-refractivity contribution in [3.05, 3.63) is 56.8 Å². The summed E-state index contributed by atoms with van der Waals surface area (Å²) in [5, 5.41) is 2.12. The molecule has 2 aliphatic carbocycles. The van der Waals surface area contributed by atoms with E-state index in [1.54, 1.807) is 23.5 Å². The van der Waals surface area contributed by atoms with Gasteiger partial charge in [0, 0.05) is 21.9 Å². The van der Waals surface area contributed by atoms with Crippen molar-refractivity contribution in [2.75, 3.05) is 0 Å². The van der Waals surface area contributed by atoms with Crippen LogP contribution in [-0.4, -0.2) is 11.6 Å². The average Bonchev–Trinajstić information content (AvgIpc) is 2.86. The molecule has 4 rings (SSSR count). The van der Waals surface area contributed by atoms with Gasteiger partial charge in [-0.25, -0.2) is 0 Å². The van der Waals surface area contributed by atoms with Crippen LogP contribution in [0.5, 0.6) is 0 Å². The highest BCUT2D eigenvalue weighted by Crippen LogP contribution is 2.46. The summed E-state index contributed by atoms with van der Waals surface area (Å²) in [6.45, 7) is 2.05. The number of thiophene rings is 1. The number of Topliss-reactive ketones (excluding diaryl/α,β-unsaturated/α-hetero) is 2. The summed E-state index contributed by atoms with van der Waals surface area (Å²) >= 11 is 1.73. The zero-order chi connectivity index (χ0) is 13.9. The van der Waals surface area contributed by atoms with Crippen molar-refractivity contribution < 1.29 is 9.59 Å². The topological polar surface area (TPSA) is 34.1 Å². The Morgan fingerprint density at radius 1 is 1.10 bits per heavy atom. The van der Waals surface area contributed by atoms with Crippen LogP contribution in [0.15, 0.2) is 29.6 Å². The van der Waals surface area contributed by atoms with Crippen LogP contribution >= 0.6 is 11.3 Å². The Labute approximate surface area is 121 Å². The van der Waals surface area contributed by atoms with Gasteiger partial charge in [-0.3, -0.25) is 9.59 Å². The van der Waals surface area contributed by atoms with Gasteiger partial charge in [-0.15, -0.1) is 11.3 Å². The van der Waals surface area contributed by atoms with Crippen LogP contribution < -0.4 is 0 Å². The first-order valence-electron chi connectivity index (χ1n) is 6.93. The van der Waals surface area contributed by atoms with Crippen molar-refractivity contribution in [1.82, 2.24) is 0 Å².